The highest BCUT2D eigenvalue weighted by Gasteiger charge is 2.24. The average Bonchev–Trinajstić information content (AvgIpc) is 3.13. The summed E-state index contributed by atoms with van der Waals surface area (Å²) in [5.74, 6) is 1.27. The maximum Gasteiger partial charge on any atom is 0.363 e. The summed E-state index contributed by atoms with van der Waals surface area (Å²) in [6.07, 6.45) is 1.68. The second kappa shape index (κ2) is 9.09. The highest BCUT2D eigenvalue weighted by Crippen LogP contribution is 2.25. The number of nitrogens with zero attached hydrogens (tertiary/aromatic N) is 1. The number of ether oxygens (including phenoxy) is 3. The summed E-state index contributed by atoms with van der Waals surface area (Å²) in [6.45, 7) is 2.76. The minimum absolute atomic E-state index is 0.239. The average molecular weight is 399 g/mol. The summed E-state index contributed by atoms with van der Waals surface area (Å²) in [6, 6.07) is 24.7. The lowest BCUT2D eigenvalue weighted by Gasteiger charge is -2.10. The van der Waals surface area contributed by atoms with E-state index in [1.54, 1.807) is 6.08 Å². The van der Waals surface area contributed by atoms with E-state index in [2.05, 4.69) is 4.99 Å². The van der Waals surface area contributed by atoms with Crippen molar-refractivity contribution in [3.8, 4) is 11.5 Å². The van der Waals surface area contributed by atoms with Gasteiger partial charge in [-0.1, -0.05) is 54.1 Å². The van der Waals surface area contributed by atoms with Crippen LogP contribution in [0.3, 0.4) is 0 Å². The Morgan fingerprint density at radius 2 is 1.67 bits per heavy atom. The third-order valence-corrected chi connectivity index (χ3v) is 4.45. The van der Waals surface area contributed by atoms with Gasteiger partial charge in [0, 0.05) is 11.1 Å². The minimum atomic E-state index is -0.478. The minimum Gasteiger partial charge on any atom is -0.490 e. The van der Waals surface area contributed by atoms with Crippen molar-refractivity contribution in [2.45, 2.75) is 6.92 Å². The molecule has 0 aromatic heterocycles. The molecule has 5 heteroatoms. The van der Waals surface area contributed by atoms with Crippen molar-refractivity contribution in [2.75, 3.05) is 13.2 Å². The van der Waals surface area contributed by atoms with Crippen molar-refractivity contribution in [3.63, 3.8) is 0 Å². The number of aliphatic imine (C=N–C) groups is 1. The Labute approximate surface area is 175 Å². The predicted molar refractivity (Wildman–Crippen MR) is 116 cm³/mol. The lowest BCUT2D eigenvalue weighted by atomic mass is 10.1. The summed E-state index contributed by atoms with van der Waals surface area (Å²) in [7, 11) is 0. The molecule has 1 aliphatic rings. The molecule has 0 fully saturated rings. The van der Waals surface area contributed by atoms with Crippen molar-refractivity contribution in [1.29, 1.82) is 0 Å². The van der Waals surface area contributed by atoms with E-state index in [0.717, 1.165) is 22.4 Å². The first kappa shape index (κ1) is 19.5. The van der Waals surface area contributed by atoms with Crippen LogP contribution in [-0.4, -0.2) is 25.1 Å². The number of esters is 1. The molecule has 4 rings (SSSR count). The van der Waals surface area contributed by atoms with Gasteiger partial charge in [0.05, 0.1) is 0 Å². The molecule has 0 amide bonds. The molecule has 0 saturated carbocycles. The molecule has 0 aliphatic carbocycles. The number of hydrogen-bond donors (Lipinski definition) is 0. The molecule has 0 N–H and O–H groups in total. The van der Waals surface area contributed by atoms with Crippen LogP contribution in [-0.2, 0) is 9.53 Å². The molecule has 0 saturated heterocycles. The van der Waals surface area contributed by atoms with E-state index < -0.39 is 5.97 Å². The number of hydrogen-bond acceptors (Lipinski definition) is 5. The number of carbonyl (C=O) groups excluding carboxylic acids is 1. The quantitative estimate of drug-likeness (QED) is 0.325. The molecule has 150 valence electrons. The van der Waals surface area contributed by atoms with Crippen LogP contribution >= 0.6 is 0 Å². The lowest BCUT2D eigenvalue weighted by Crippen LogP contribution is -2.09. The number of cyclic esters (lactones) is 1. The summed E-state index contributed by atoms with van der Waals surface area (Å²) in [4.78, 5) is 16.7. The molecule has 5 nitrogen and oxygen atoms in total. The van der Waals surface area contributed by atoms with E-state index in [-0.39, 0.29) is 5.70 Å². The zero-order chi connectivity index (χ0) is 20.8. The number of rotatable bonds is 7. The molecule has 0 radical (unpaired) electrons. The second-order valence-corrected chi connectivity index (χ2v) is 6.75. The van der Waals surface area contributed by atoms with Gasteiger partial charge in [-0.2, -0.15) is 0 Å². The van der Waals surface area contributed by atoms with Crippen molar-refractivity contribution in [2.24, 2.45) is 4.99 Å². The third kappa shape index (κ3) is 4.75. The molecular weight excluding hydrogens is 378 g/mol. The number of benzene rings is 3. The Morgan fingerprint density at radius 1 is 0.900 bits per heavy atom. The Hall–Kier alpha value is -3.86. The summed E-state index contributed by atoms with van der Waals surface area (Å²) >= 11 is 0. The van der Waals surface area contributed by atoms with E-state index >= 15 is 0 Å². The second-order valence-electron chi connectivity index (χ2n) is 6.75. The Kier molecular flexibility index (Phi) is 5.90. The van der Waals surface area contributed by atoms with Gasteiger partial charge in [0.2, 0.25) is 5.90 Å². The van der Waals surface area contributed by atoms with Crippen LogP contribution < -0.4 is 9.47 Å². The molecule has 1 aliphatic heterocycles. The molecular formula is C25H21NO4. The predicted octanol–water partition coefficient (Wildman–Crippen LogP) is 4.80. The van der Waals surface area contributed by atoms with Gasteiger partial charge in [0.15, 0.2) is 5.70 Å². The highest BCUT2D eigenvalue weighted by atomic mass is 16.6. The van der Waals surface area contributed by atoms with Crippen molar-refractivity contribution in [1.82, 2.24) is 0 Å². The standard InChI is InChI=1S/C25H21NO4/c1-18-8-7-10-20(16-18)24-26-22(25(27)30-24)17-19-9-5-6-13-23(19)29-15-14-28-21-11-3-2-4-12-21/h2-13,16-17H,14-15H2,1H3/b22-17+. The SMILES string of the molecule is Cc1cccc(C2=N/C(=C/c3ccccc3OCCOc3ccccc3)C(=O)O2)c1. The van der Waals surface area contributed by atoms with Crippen LogP contribution in [0.5, 0.6) is 11.5 Å². The normalized spacial score (nSPS) is 14.4. The zero-order valence-electron chi connectivity index (χ0n) is 16.6. The smallest absolute Gasteiger partial charge is 0.363 e. The van der Waals surface area contributed by atoms with Crippen LogP contribution in [0, 0.1) is 6.92 Å². The van der Waals surface area contributed by atoms with Crippen molar-refractivity contribution >= 4 is 17.9 Å². The maximum absolute atomic E-state index is 12.3. The Balaban J connectivity index is 1.46. The zero-order valence-corrected chi connectivity index (χ0v) is 16.6. The Bertz CT molecular complexity index is 1100. The first-order valence-corrected chi connectivity index (χ1v) is 9.68. The maximum atomic E-state index is 12.3. The molecule has 3 aromatic rings. The molecule has 3 aromatic carbocycles. The fourth-order valence-corrected chi connectivity index (χ4v) is 3.02. The number of aryl methyl sites for hydroxylation is 1. The first-order chi connectivity index (χ1) is 14.7. The monoisotopic (exact) mass is 399 g/mol. The molecule has 30 heavy (non-hydrogen) atoms. The molecule has 0 bridgehead atoms. The van der Waals surface area contributed by atoms with Gasteiger partial charge in [0.25, 0.3) is 0 Å². The van der Waals surface area contributed by atoms with Crippen LogP contribution in [0.1, 0.15) is 16.7 Å². The molecule has 0 spiro atoms. The fourth-order valence-electron chi connectivity index (χ4n) is 3.02. The Morgan fingerprint density at radius 3 is 2.50 bits per heavy atom. The summed E-state index contributed by atoms with van der Waals surface area (Å²) < 4.78 is 16.9. The van der Waals surface area contributed by atoms with Crippen LogP contribution in [0.4, 0.5) is 0 Å². The van der Waals surface area contributed by atoms with Gasteiger partial charge in [-0.05, 0) is 43.3 Å². The van der Waals surface area contributed by atoms with Crippen LogP contribution in [0.2, 0.25) is 0 Å². The van der Waals surface area contributed by atoms with Gasteiger partial charge in [-0.3, -0.25) is 0 Å². The van der Waals surface area contributed by atoms with Gasteiger partial charge >= 0.3 is 5.97 Å². The van der Waals surface area contributed by atoms with E-state index in [1.165, 1.54) is 0 Å². The van der Waals surface area contributed by atoms with Gasteiger partial charge in [-0.25, -0.2) is 9.79 Å². The van der Waals surface area contributed by atoms with Crippen LogP contribution in [0.25, 0.3) is 6.08 Å². The first-order valence-electron chi connectivity index (χ1n) is 9.68. The van der Waals surface area contributed by atoms with Gasteiger partial charge in [0.1, 0.15) is 24.7 Å². The van der Waals surface area contributed by atoms with Gasteiger partial charge in [-0.15, -0.1) is 0 Å². The third-order valence-electron chi connectivity index (χ3n) is 4.45. The summed E-state index contributed by atoms with van der Waals surface area (Å²) in [5.41, 5.74) is 2.83. The van der Waals surface area contributed by atoms with E-state index in [4.69, 9.17) is 14.2 Å². The number of para-hydroxylation sites is 2. The molecule has 0 unspecified atom stereocenters. The van der Waals surface area contributed by atoms with Crippen molar-refractivity contribution in [3.05, 3.63) is 101 Å². The molecule has 0 atom stereocenters. The van der Waals surface area contributed by atoms with Crippen LogP contribution in [0.15, 0.2) is 89.6 Å². The van der Waals surface area contributed by atoms with E-state index in [9.17, 15) is 4.79 Å². The lowest BCUT2D eigenvalue weighted by molar-refractivity contribution is -0.129. The number of carbonyl (C=O) groups is 1. The summed E-state index contributed by atoms with van der Waals surface area (Å²) in [5, 5.41) is 0. The largest absolute Gasteiger partial charge is 0.490 e. The van der Waals surface area contributed by atoms with E-state index in [0.29, 0.717) is 24.9 Å². The topological polar surface area (TPSA) is 57.1 Å². The van der Waals surface area contributed by atoms with Gasteiger partial charge < -0.3 is 14.2 Å². The molecule has 1 heterocycles. The van der Waals surface area contributed by atoms with Crippen molar-refractivity contribution < 1.29 is 19.0 Å². The fraction of sp³-hybridized carbons (Fsp3) is 0.120. The van der Waals surface area contributed by atoms with E-state index in [1.807, 2.05) is 85.8 Å². The highest BCUT2D eigenvalue weighted by molar-refractivity contribution is 6.13.